The second kappa shape index (κ2) is 34.5. The maximum Gasteiger partial charge on any atom is 0.246 e. The van der Waals surface area contributed by atoms with Gasteiger partial charge in [-0.15, -0.1) is 0 Å². The normalized spacial score (nSPS) is 34.3. The van der Waals surface area contributed by atoms with Crippen LogP contribution in [-0.2, 0) is 65.5 Å². The van der Waals surface area contributed by atoms with E-state index in [9.17, 15) is 85.6 Å². The fourth-order valence-electron chi connectivity index (χ4n) is 13.2. The van der Waals surface area contributed by atoms with Gasteiger partial charge in [0.05, 0.1) is 71.9 Å². The maximum absolute atomic E-state index is 15.2. The first-order chi connectivity index (χ1) is 49.8. The van der Waals surface area contributed by atoms with Crippen LogP contribution in [0.15, 0.2) is 101 Å². The topological polar surface area (TPSA) is 594 Å². The van der Waals surface area contributed by atoms with Gasteiger partial charge in [0.1, 0.15) is 127 Å². The molecule has 0 radical (unpaired) electrons. The average Bonchev–Trinajstić information content (AvgIpc) is 1.32. The Hall–Kier alpha value is -8.62. The number of aliphatic hydroxyl groups excluding tert-OH is 13. The van der Waals surface area contributed by atoms with Crippen molar-refractivity contribution in [1.82, 2.24) is 42.1 Å². The summed E-state index contributed by atoms with van der Waals surface area (Å²) >= 11 is 0. The van der Waals surface area contributed by atoms with Crippen LogP contribution < -0.4 is 58.2 Å². The van der Waals surface area contributed by atoms with E-state index >= 15 is 9.59 Å². The highest BCUT2D eigenvalue weighted by atomic mass is 16.7. The van der Waals surface area contributed by atoms with Crippen LogP contribution in [0, 0.1) is 0 Å². The fourth-order valence-corrected chi connectivity index (χ4v) is 13.2. The summed E-state index contributed by atoms with van der Waals surface area (Å²) in [6, 6.07) is 11.7. The zero-order valence-corrected chi connectivity index (χ0v) is 56.1. The molecule has 0 aliphatic carbocycles. The maximum atomic E-state index is 15.2. The molecule has 4 saturated heterocycles. The minimum Gasteiger partial charge on any atom is -0.496 e. The van der Waals surface area contributed by atoms with Gasteiger partial charge in [-0.05, 0) is 40.3 Å². The predicted molar refractivity (Wildman–Crippen MR) is 356 cm³/mol. The Kier molecular flexibility index (Phi) is 25.9. The number of benzene rings is 4. The Morgan fingerprint density at radius 2 is 1.17 bits per heavy atom. The molecule has 6 aliphatic rings. The van der Waals surface area contributed by atoms with Crippen LogP contribution in [0.25, 0.3) is 10.8 Å². The molecule has 6 heterocycles. The molecule has 6 amide bonds. The zero-order valence-electron chi connectivity index (χ0n) is 56.1. The lowest BCUT2D eigenvalue weighted by atomic mass is 9.92. The van der Waals surface area contributed by atoms with Crippen LogP contribution in [0.5, 0.6) is 11.5 Å². The third-order valence-electron chi connectivity index (χ3n) is 19.1. The molecule has 0 saturated carbocycles. The summed E-state index contributed by atoms with van der Waals surface area (Å²) in [5.74, 6) is -8.40. The number of guanidine groups is 2. The lowest BCUT2D eigenvalue weighted by Crippen LogP contribution is -2.70. The largest absolute Gasteiger partial charge is 0.496 e. The summed E-state index contributed by atoms with van der Waals surface area (Å²) in [6.45, 7) is -4.01. The van der Waals surface area contributed by atoms with E-state index in [0.29, 0.717) is 16.9 Å². The van der Waals surface area contributed by atoms with Gasteiger partial charge in [0.2, 0.25) is 41.7 Å². The number of carbonyl (C=O) groups is 6. The smallest absolute Gasteiger partial charge is 0.246 e. The van der Waals surface area contributed by atoms with E-state index < -0.39 is 240 Å². The number of rotatable bonds is 21. The van der Waals surface area contributed by atoms with Crippen molar-refractivity contribution in [3.63, 3.8) is 0 Å². The number of amides is 6. The third kappa shape index (κ3) is 17.2. The number of hydrogen-bond donors (Lipinski definition) is 22. The molecule has 0 spiro atoms. The SMILES string of the molecule is COc1ccc(CO[C@H]2[C@H](O)[C@H](O)[C@@H](O[C@H]3[C@H](O)[C@H](O)[C@@H](Oc4ccc(C[C@H]5NC(=O)[C@H](C(C)c6ccccc6)NC(=O)CNC(=O)[C@H](CO)NC(=O)[C@@H](C(O)C6CN=C(N)N6[C@H]6O[C@H](CO)[C@@H](O)[C@H](O)[C@@H]6O)NC(=O)[C@H](C(O)C6CN=C(N)N6)NC5=O)cc4)O[C@@H]3CO)O[C@@H]2CO)c2ccccc12. The number of aliphatic hydroxyl groups is 13. The molecule has 0 aromatic heterocycles. The predicted octanol–water partition coefficient (Wildman–Crippen LogP) is -10.2. The highest BCUT2D eigenvalue weighted by Gasteiger charge is 2.54. The summed E-state index contributed by atoms with van der Waals surface area (Å²) in [7, 11) is 1.53. The Morgan fingerprint density at radius 1 is 0.567 bits per heavy atom. The zero-order chi connectivity index (χ0) is 75.0. The van der Waals surface area contributed by atoms with Crippen molar-refractivity contribution in [1.29, 1.82) is 0 Å². The van der Waals surface area contributed by atoms with Gasteiger partial charge < -0.3 is 153 Å². The van der Waals surface area contributed by atoms with Crippen molar-refractivity contribution in [2.75, 3.05) is 53.2 Å². The molecule has 568 valence electrons. The average molecular weight is 1470 g/mol. The van der Waals surface area contributed by atoms with E-state index in [-0.39, 0.29) is 30.4 Å². The van der Waals surface area contributed by atoms with Gasteiger partial charge in [0, 0.05) is 17.7 Å². The summed E-state index contributed by atoms with van der Waals surface area (Å²) in [5.41, 5.74) is 13.6. The first-order valence-electron chi connectivity index (χ1n) is 33.4. The molecule has 0 bridgehead atoms. The van der Waals surface area contributed by atoms with Gasteiger partial charge in [0.25, 0.3) is 0 Å². The second-order valence-electron chi connectivity index (χ2n) is 25.8. The number of fused-ring (bicyclic) bond motifs is 1. The minimum atomic E-state index is -2.35. The van der Waals surface area contributed by atoms with Gasteiger partial charge in [-0.25, -0.2) is 0 Å². The van der Waals surface area contributed by atoms with Gasteiger partial charge >= 0.3 is 0 Å². The lowest BCUT2D eigenvalue weighted by Gasteiger charge is -2.46. The van der Waals surface area contributed by atoms with Crippen molar-refractivity contribution in [2.45, 2.75) is 172 Å². The molecule has 10 rings (SSSR count). The van der Waals surface area contributed by atoms with E-state index in [1.165, 1.54) is 31.4 Å². The number of carbonyl (C=O) groups excluding carboxylic acids is 6. The highest BCUT2D eigenvalue weighted by molar-refractivity contribution is 5.99. The number of ether oxygens (including phenoxy) is 7. The van der Waals surface area contributed by atoms with Crippen LogP contribution in [0.3, 0.4) is 0 Å². The molecule has 38 nitrogen and oxygen atoms in total. The number of nitrogens with one attached hydrogen (secondary N) is 7. The van der Waals surface area contributed by atoms with Crippen molar-refractivity contribution >= 4 is 58.1 Å². The van der Waals surface area contributed by atoms with Crippen molar-refractivity contribution in [2.24, 2.45) is 21.5 Å². The van der Waals surface area contributed by atoms with Crippen LogP contribution in [0.4, 0.5) is 0 Å². The first-order valence-corrected chi connectivity index (χ1v) is 33.4. The molecule has 104 heavy (non-hydrogen) atoms. The van der Waals surface area contributed by atoms with Gasteiger partial charge in [-0.1, -0.05) is 79.7 Å². The van der Waals surface area contributed by atoms with Crippen molar-refractivity contribution < 1.29 is 128 Å². The summed E-state index contributed by atoms with van der Waals surface area (Å²) in [6.07, 6.45) is -31.1. The summed E-state index contributed by atoms with van der Waals surface area (Å²) in [5, 5.41) is 163. The van der Waals surface area contributed by atoms with Gasteiger partial charge in [0.15, 0.2) is 24.4 Å². The Bertz CT molecular complexity index is 3700. The Labute approximate surface area is 592 Å². The molecule has 4 fully saturated rings. The van der Waals surface area contributed by atoms with E-state index in [1.807, 2.05) is 24.3 Å². The molecule has 4 aromatic carbocycles. The Morgan fingerprint density at radius 3 is 1.84 bits per heavy atom. The van der Waals surface area contributed by atoms with Crippen molar-refractivity contribution in [3.8, 4) is 11.5 Å². The quantitative estimate of drug-likeness (QED) is 0.0368. The van der Waals surface area contributed by atoms with E-state index in [0.717, 1.165) is 15.7 Å². The van der Waals surface area contributed by atoms with Crippen LogP contribution >= 0.6 is 0 Å². The Balaban J connectivity index is 0.896. The van der Waals surface area contributed by atoms with E-state index in [4.69, 9.17) is 44.6 Å². The molecule has 25 atom stereocenters. The fraction of sp³-hybridized carbons (Fsp3) is 0.545. The summed E-state index contributed by atoms with van der Waals surface area (Å²) in [4.78, 5) is 96.7. The van der Waals surface area contributed by atoms with Crippen LogP contribution in [0.2, 0.25) is 0 Å². The molecule has 6 aliphatic heterocycles. The van der Waals surface area contributed by atoms with Crippen LogP contribution in [-0.4, -0.2) is 318 Å². The van der Waals surface area contributed by atoms with Gasteiger partial charge in [-0.2, -0.15) is 0 Å². The summed E-state index contributed by atoms with van der Waals surface area (Å²) < 4.78 is 40.9. The van der Waals surface area contributed by atoms with E-state index in [1.54, 1.807) is 49.4 Å². The van der Waals surface area contributed by atoms with Crippen LogP contribution in [0.1, 0.15) is 29.5 Å². The number of nitrogens with zero attached hydrogens (tertiary/aromatic N) is 3. The number of methoxy groups -OCH3 is 1. The first kappa shape index (κ1) is 78.0. The van der Waals surface area contributed by atoms with Gasteiger partial charge in [-0.3, -0.25) is 38.8 Å². The highest BCUT2D eigenvalue weighted by Crippen LogP contribution is 2.35. The third-order valence-corrected chi connectivity index (χ3v) is 19.1. The molecular formula is C66H88N12O26. The molecule has 4 aromatic rings. The minimum absolute atomic E-state index is 0.0703. The monoisotopic (exact) mass is 1460 g/mol. The standard InChI is InChI=1S/C66H88N12O26/c1-27(29-8-4-3-5-9-29)43-59(95)72-34(18-28-12-15-31(16-13-28)100-63-54(92)51(89)56(41(25-82)103-63)104-64-53(91)50(88)55(40(24-81)102-64)99-26-30-14-17-38(98-2)33-11-7-6-10-32(30)33)58(94)76-44(46(84)35-19-70-65(67)74-35)61(97)77-45(60(96)73-36(22-79)57(93)69-21-42(83)75-43)47(85)37-20-71-66(68)78(37)62-52(90)49(87)48(86)39(23-80)101-62/h3-17,27,34-37,39-41,43-56,62-64,79-82,84-92H,18-26H2,1-2H3,(H2,68,71)(H,69,93)(H,72,95)(H,73,96)(H,75,83)(H,76,94)(H,77,97)(H3,67,70,74)/t27?,34-,35?,36+,37?,39-,40-,41-,43+,44+,45-,46?,47?,48-,49+,50-,51-,52+,53+,54+,55-,56-,62+,63+,64-/m1/s1. The second-order valence-corrected chi connectivity index (χ2v) is 25.8. The molecule has 38 heteroatoms. The number of hydrogen-bond acceptors (Lipinski definition) is 32. The number of aliphatic imine (C=N–C) groups is 2. The van der Waals surface area contributed by atoms with Crippen molar-refractivity contribution in [3.05, 3.63) is 108 Å². The number of nitrogens with two attached hydrogens (primary N) is 2. The molecular weight excluding hydrogens is 1380 g/mol. The molecule has 5 unspecified atom stereocenters. The lowest BCUT2D eigenvalue weighted by molar-refractivity contribution is -0.355. The van der Waals surface area contributed by atoms with E-state index in [2.05, 4.69) is 47.2 Å². The molecule has 24 N–H and O–H groups in total.